The molecule has 17 heavy (non-hydrogen) atoms. The summed E-state index contributed by atoms with van der Waals surface area (Å²) in [5.41, 5.74) is 0. The summed E-state index contributed by atoms with van der Waals surface area (Å²) in [7, 11) is 4.15. The van der Waals surface area contributed by atoms with Gasteiger partial charge in [0.1, 0.15) is 0 Å². The topological polar surface area (TPSA) is 15.3 Å². The quantitative estimate of drug-likeness (QED) is 0.614. The van der Waals surface area contributed by atoms with Crippen LogP contribution in [-0.4, -0.2) is 44.4 Å². The summed E-state index contributed by atoms with van der Waals surface area (Å²) in [5.74, 6) is 1.03. The molecule has 0 bridgehead atoms. The molecule has 1 rings (SSSR count). The van der Waals surface area contributed by atoms with Crippen molar-refractivity contribution in [1.29, 1.82) is 0 Å². The van der Waals surface area contributed by atoms with E-state index in [1.165, 1.54) is 0 Å². The second-order valence-corrected chi connectivity index (χ2v) is 5.96. The van der Waals surface area contributed by atoms with Crippen LogP contribution >= 0.6 is 35.0 Å². The maximum atomic E-state index is 5.94. The first-order valence-electron chi connectivity index (χ1n) is 5.53. The molecule has 0 unspecified atom stereocenters. The van der Waals surface area contributed by atoms with E-state index in [0.29, 0.717) is 10.0 Å². The second-order valence-electron chi connectivity index (χ2n) is 3.98. The SMILES string of the molecule is CN(C)CCNCCSc1ccc(Cl)c(Cl)c1. The lowest BCUT2D eigenvalue weighted by Gasteiger charge is -2.10. The van der Waals surface area contributed by atoms with Gasteiger partial charge in [0.15, 0.2) is 0 Å². The van der Waals surface area contributed by atoms with E-state index in [9.17, 15) is 0 Å². The molecular weight excluding hydrogens is 275 g/mol. The standard InChI is InChI=1S/C12H18Cl2N2S/c1-16(2)7-5-15-6-8-17-10-3-4-11(13)12(14)9-10/h3-4,9,15H,5-8H2,1-2H3. The van der Waals surface area contributed by atoms with E-state index in [1.807, 2.05) is 18.2 Å². The Morgan fingerprint density at radius 2 is 1.94 bits per heavy atom. The van der Waals surface area contributed by atoms with E-state index in [0.717, 1.165) is 30.3 Å². The van der Waals surface area contributed by atoms with Crippen LogP contribution in [0.5, 0.6) is 0 Å². The van der Waals surface area contributed by atoms with Gasteiger partial charge in [0, 0.05) is 30.3 Å². The van der Waals surface area contributed by atoms with Crippen molar-refractivity contribution in [2.24, 2.45) is 0 Å². The number of nitrogens with one attached hydrogen (secondary N) is 1. The Bertz CT molecular complexity index is 345. The van der Waals surface area contributed by atoms with Gasteiger partial charge in [-0.1, -0.05) is 23.2 Å². The van der Waals surface area contributed by atoms with Crippen molar-refractivity contribution in [2.75, 3.05) is 39.5 Å². The Morgan fingerprint density at radius 3 is 2.59 bits per heavy atom. The molecule has 0 aliphatic heterocycles. The van der Waals surface area contributed by atoms with Crippen molar-refractivity contribution >= 4 is 35.0 Å². The number of hydrogen-bond acceptors (Lipinski definition) is 3. The van der Waals surface area contributed by atoms with Crippen LogP contribution in [0.4, 0.5) is 0 Å². The van der Waals surface area contributed by atoms with Gasteiger partial charge in [-0.25, -0.2) is 0 Å². The van der Waals surface area contributed by atoms with E-state index in [1.54, 1.807) is 11.8 Å². The third-order valence-electron chi connectivity index (χ3n) is 2.17. The zero-order valence-corrected chi connectivity index (χ0v) is 12.5. The lowest BCUT2D eigenvalue weighted by atomic mass is 10.4. The number of thioether (sulfide) groups is 1. The van der Waals surface area contributed by atoms with Crippen molar-refractivity contribution in [1.82, 2.24) is 10.2 Å². The van der Waals surface area contributed by atoms with Gasteiger partial charge in [-0.2, -0.15) is 0 Å². The predicted molar refractivity (Wildman–Crippen MR) is 78.6 cm³/mol. The van der Waals surface area contributed by atoms with Crippen molar-refractivity contribution in [3.63, 3.8) is 0 Å². The van der Waals surface area contributed by atoms with Crippen LogP contribution in [0, 0.1) is 0 Å². The second kappa shape index (κ2) is 8.22. The molecule has 0 fully saturated rings. The van der Waals surface area contributed by atoms with Crippen LogP contribution in [0.1, 0.15) is 0 Å². The number of nitrogens with zero attached hydrogens (tertiary/aromatic N) is 1. The van der Waals surface area contributed by atoms with Crippen LogP contribution in [0.25, 0.3) is 0 Å². The Morgan fingerprint density at radius 1 is 1.18 bits per heavy atom. The molecular formula is C12H18Cl2N2S. The third kappa shape index (κ3) is 6.53. The molecule has 0 heterocycles. The molecule has 1 aromatic rings. The van der Waals surface area contributed by atoms with Gasteiger partial charge in [0.25, 0.3) is 0 Å². The minimum atomic E-state index is 0.611. The third-order valence-corrected chi connectivity index (χ3v) is 3.91. The fourth-order valence-electron chi connectivity index (χ4n) is 1.24. The van der Waals surface area contributed by atoms with E-state index >= 15 is 0 Å². The summed E-state index contributed by atoms with van der Waals surface area (Å²) in [6.07, 6.45) is 0. The zero-order chi connectivity index (χ0) is 12.7. The summed E-state index contributed by atoms with van der Waals surface area (Å²) >= 11 is 13.6. The van der Waals surface area contributed by atoms with Gasteiger partial charge in [0.2, 0.25) is 0 Å². The number of rotatable bonds is 7. The minimum absolute atomic E-state index is 0.611. The largest absolute Gasteiger partial charge is 0.315 e. The predicted octanol–water partition coefficient (Wildman–Crippen LogP) is 3.24. The summed E-state index contributed by atoms with van der Waals surface area (Å²) in [6, 6.07) is 5.75. The van der Waals surface area contributed by atoms with Gasteiger partial charge < -0.3 is 10.2 Å². The highest BCUT2D eigenvalue weighted by molar-refractivity contribution is 7.99. The molecule has 0 amide bonds. The van der Waals surface area contributed by atoms with Gasteiger partial charge in [0.05, 0.1) is 10.0 Å². The first kappa shape index (κ1) is 15.1. The van der Waals surface area contributed by atoms with Crippen LogP contribution in [0.15, 0.2) is 23.1 Å². The normalized spacial score (nSPS) is 11.1. The number of benzene rings is 1. The van der Waals surface area contributed by atoms with Crippen LogP contribution in [0.2, 0.25) is 10.0 Å². The molecule has 0 saturated carbocycles. The first-order valence-corrected chi connectivity index (χ1v) is 7.27. The molecule has 2 nitrogen and oxygen atoms in total. The molecule has 0 radical (unpaired) electrons. The summed E-state index contributed by atoms with van der Waals surface area (Å²) in [4.78, 5) is 3.33. The zero-order valence-electron chi connectivity index (χ0n) is 10.2. The van der Waals surface area contributed by atoms with Crippen LogP contribution < -0.4 is 5.32 Å². The summed E-state index contributed by atoms with van der Waals surface area (Å²) in [6.45, 7) is 3.09. The lowest BCUT2D eigenvalue weighted by Crippen LogP contribution is -2.27. The van der Waals surface area contributed by atoms with Crippen molar-refractivity contribution in [2.45, 2.75) is 4.90 Å². The Hall–Kier alpha value is 0.0700. The Kier molecular flexibility index (Phi) is 7.32. The van der Waals surface area contributed by atoms with Crippen molar-refractivity contribution < 1.29 is 0 Å². The fraction of sp³-hybridized carbons (Fsp3) is 0.500. The molecule has 0 spiro atoms. The van der Waals surface area contributed by atoms with Crippen LogP contribution in [0.3, 0.4) is 0 Å². The molecule has 0 aliphatic rings. The van der Waals surface area contributed by atoms with E-state index in [-0.39, 0.29) is 0 Å². The fourth-order valence-corrected chi connectivity index (χ4v) is 2.45. The number of halogens is 2. The lowest BCUT2D eigenvalue weighted by molar-refractivity contribution is 0.403. The van der Waals surface area contributed by atoms with Gasteiger partial charge in [-0.15, -0.1) is 11.8 Å². The van der Waals surface area contributed by atoms with E-state index in [2.05, 4.69) is 24.3 Å². The van der Waals surface area contributed by atoms with Crippen molar-refractivity contribution in [3.8, 4) is 0 Å². The van der Waals surface area contributed by atoms with Gasteiger partial charge in [-0.05, 0) is 32.3 Å². The smallest absolute Gasteiger partial charge is 0.0603 e. The molecule has 0 saturated heterocycles. The van der Waals surface area contributed by atoms with Gasteiger partial charge in [-0.3, -0.25) is 0 Å². The molecule has 0 aromatic heterocycles. The average Bonchev–Trinajstić information content (AvgIpc) is 2.27. The monoisotopic (exact) mass is 292 g/mol. The summed E-state index contributed by atoms with van der Waals surface area (Å²) < 4.78 is 0. The molecule has 96 valence electrons. The maximum Gasteiger partial charge on any atom is 0.0603 e. The van der Waals surface area contributed by atoms with E-state index in [4.69, 9.17) is 23.2 Å². The minimum Gasteiger partial charge on any atom is -0.315 e. The number of hydrogen-bond donors (Lipinski definition) is 1. The molecule has 5 heteroatoms. The van der Waals surface area contributed by atoms with Gasteiger partial charge >= 0.3 is 0 Å². The highest BCUT2D eigenvalue weighted by atomic mass is 35.5. The number of likely N-dealkylation sites (N-methyl/N-ethyl adjacent to an activating group) is 1. The average molecular weight is 293 g/mol. The Balaban J connectivity index is 2.16. The highest BCUT2D eigenvalue weighted by Crippen LogP contribution is 2.27. The van der Waals surface area contributed by atoms with Crippen molar-refractivity contribution in [3.05, 3.63) is 28.2 Å². The highest BCUT2D eigenvalue weighted by Gasteiger charge is 1.99. The molecule has 0 atom stereocenters. The first-order chi connectivity index (χ1) is 8.09. The summed E-state index contributed by atoms with van der Waals surface area (Å²) in [5, 5.41) is 4.63. The molecule has 0 aliphatic carbocycles. The van der Waals surface area contributed by atoms with E-state index < -0.39 is 0 Å². The molecule has 1 aromatic carbocycles. The molecule has 1 N–H and O–H groups in total. The maximum absolute atomic E-state index is 5.94. The Labute approximate surface area is 118 Å². The van der Waals surface area contributed by atoms with Crippen LogP contribution in [-0.2, 0) is 0 Å².